The average Bonchev–Trinajstić information content (AvgIpc) is 2.43. The molecule has 100 valence electrons. The molecule has 0 saturated heterocycles. The fraction of sp³-hybridized carbons (Fsp3) is 0.286. The van der Waals surface area contributed by atoms with Gasteiger partial charge in [0, 0.05) is 18.9 Å². The van der Waals surface area contributed by atoms with Crippen LogP contribution in [0.2, 0.25) is 0 Å². The smallest absolute Gasteiger partial charge is 0.322 e. The number of benzene rings is 1. The van der Waals surface area contributed by atoms with E-state index in [2.05, 4.69) is 9.97 Å². The number of hydrogen-bond donors (Lipinski definition) is 1. The van der Waals surface area contributed by atoms with E-state index in [4.69, 9.17) is 15.2 Å². The quantitative estimate of drug-likeness (QED) is 0.893. The summed E-state index contributed by atoms with van der Waals surface area (Å²) >= 11 is 0. The van der Waals surface area contributed by atoms with Gasteiger partial charge in [-0.05, 0) is 37.1 Å². The van der Waals surface area contributed by atoms with Gasteiger partial charge in [-0.1, -0.05) is 6.07 Å². The van der Waals surface area contributed by atoms with Gasteiger partial charge in [-0.2, -0.15) is 0 Å². The Hall–Kier alpha value is -2.14. The van der Waals surface area contributed by atoms with E-state index in [9.17, 15) is 0 Å². The maximum Gasteiger partial charge on any atom is 0.322 e. The second-order valence-electron chi connectivity index (χ2n) is 4.06. The van der Waals surface area contributed by atoms with Gasteiger partial charge in [-0.25, -0.2) is 9.97 Å². The molecule has 0 aliphatic carbocycles. The van der Waals surface area contributed by atoms with Crippen LogP contribution in [0, 0.1) is 6.92 Å². The van der Waals surface area contributed by atoms with Crippen LogP contribution < -0.4 is 15.2 Å². The highest BCUT2D eigenvalue weighted by atomic mass is 16.5. The van der Waals surface area contributed by atoms with Crippen molar-refractivity contribution < 1.29 is 9.47 Å². The Bertz CT molecular complexity index is 541. The van der Waals surface area contributed by atoms with Gasteiger partial charge in [-0.3, -0.25) is 0 Å². The lowest BCUT2D eigenvalue weighted by atomic mass is 10.2. The lowest BCUT2D eigenvalue weighted by Gasteiger charge is -2.11. The molecule has 0 saturated carbocycles. The van der Waals surface area contributed by atoms with Gasteiger partial charge < -0.3 is 15.2 Å². The van der Waals surface area contributed by atoms with E-state index in [1.807, 2.05) is 32.0 Å². The largest absolute Gasteiger partial charge is 0.490 e. The summed E-state index contributed by atoms with van der Waals surface area (Å²) in [6.45, 7) is 4.85. The number of nitrogens with two attached hydrogens (primary N) is 1. The molecule has 19 heavy (non-hydrogen) atoms. The van der Waals surface area contributed by atoms with Crippen molar-refractivity contribution in [3.05, 3.63) is 41.7 Å². The molecule has 0 bridgehead atoms. The van der Waals surface area contributed by atoms with Crippen LogP contribution in [0.5, 0.6) is 17.5 Å². The van der Waals surface area contributed by atoms with Crippen LogP contribution in [0.4, 0.5) is 0 Å². The molecule has 0 amide bonds. The SMILES string of the molecule is CCOc1cc(CN)ccc1Oc1ncc(C)cn1. The topological polar surface area (TPSA) is 70.3 Å². The van der Waals surface area contributed by atoms with Gasteiger partial charge in [0.05, 0.1) is 6.61 Å². The minimum absolute atomic E-state index is 0.298. The maximum atomic E-state index is 5.63. The highest BCUT2D eigenvalue weighted by Crippen LogP contribution is 2.31. The number of aromatic nitrogens is 2. The minimum atomic E-state index is 0.298. The fourth-order valence-electron chi connectivity index (χ4n) is 1.56. The summed E-state index contributed by atoms with van der Waals surface area (Å²) in [5.74, 6) is 1.23. The predicted molar refractivity (Wildman–Crippen MR) is 72.3 cm³/mol. The molecule has 0 atom stereocenters. The fourth-order valence-corrected chi connectivity index (χ4v) is 1.56. The molecule has 1 heterocycles. The first-order valence-electron chi connectivity index (χ1n) is 6.15. The standard InChI is InChI=1S/C14H17N3O2/c1-3-18-13-6-11(7-15)4-5-12(13)19-14-16-8-10(2)9-17-14/h4-6,8-9H,3,7,15H2,1-2H3. The first kappa shape index (κ1) is 13.3. The monoisotopic (exact) mass is 259 g/mol. The first-order chi connectivity index (χ1) is 9.22. The Labute approximate surface area is 112 Å². The summed E-state index contributed by atoms with van der Waals surface area (Å²) < 4.78 is 11.2. The van der Waals surface area contributed by atoms with Crippen molar-refractivity contribution in [3.8, 4) is 17.5 Å². The lowest BCUT2D eigenvalue weighted by Crippen LogP contribution is -2.01. The number of rotatable bonds is 5. The Morgan fingerprint density at radius 3 is 2.53 bits per heavy atom. The molecule has 0 unspecified atom stereocenters. The van der Waals surface area contributed by atoms with Crippen molar-refractivity contribution >= 4 is 0 Å². The zero-order valence-corrected chi connectivity index (χ0v) is 11.1. The molecule has 5 nitrogen and oxygen atoms in total. The molecule has 5 heteroatoms. The average molecular weight is 259 g/mol. The minimum Gasteiger partial charge on any atom is -0.490 e. The zero-order valence-electron chi connectivity index (χ0n) is 11.1. The molecule has 1 aromatic carbocycles. The molecule has 2 aromatic rings. The molecule has 0 spiro atoms. The molecule has 0 aliphatic heterocycles. The van der Waals surface area contributed by atoms with Crippen molar-refractivity contribution in [3.63, 3.8) is 0 Å². The van der Waals surface area contributed by atoms with Crippen molar-refractivity contribution in [1.29, 1.82) is 0 Å². The summed E-state index contributed by atoms with van der Waals surface area (Å²) in [6.07, 6.45) is 3.41. The van der Waals surface area contributed by atoms with E-state index in [0.717, 1.165) is 11.1 Å². The van der Waals surface area contributed by atoms with Gasteiger partial charge >= 0.3 is 6.01 Å². The third kappa shape index (κ3) is 3.42. The molecule has 0 fully saturated rings. The van der Waals surface area contributed by atoms with E-state index >= 15 is 0 Å². The van der Waals surface area contributed by atoms with Crippen molar-refractivity contribution in [2.45, 2.75) is 20.4 Å². The van der Waals surface area contributed by atoms with E-state index in [-0.39, 0.29) is 0 Å². The lowest BCUT2D eigenvalue weighted by molar-refractivity contribution is 0.316. The Balaban J connectivity index is 2.25. The maximum absolute atomic E-state index is 5.63. The van der Waals surface area contributed by atoms with Crippen molar-refractivity contribution in [1.82, 2.24) is 9.97 Å². The van der Waals surface area contributed by atoms with Gasteiger partial charge in [0.25, 0.3) is 0 Å². The molecular formula is C14H17N3O2. The molecule has 1 aromatic heterocycles. The first-order valence-corrected chi connectivity index (χ1v) is 6.15. The third-order valence-electron chi connectivity index (χ3n) is 2.50. The van der Waals surface area contributed by atoms with Crippen LogP contribution in [0.1, 0.15) is 18.1 Å². The Morgan fingerprint density at radius 2 is 1.89 bits per heavy atom. The number of hydrogen-bond acceptors (Lipinski definition) is 5. The molecule has 0 radical (unpaired) electrons. The summed E-state index contributed by atoms with van der Waals surface area (Å²) in [4.78, 5) is 8.21. The number of nitrogens with zero attached hydrogens (tertiary/aromatic N) is 2. The second-order valence-corrected chi connectivity index (χ2v) is 4.06. The Kier molecular flexibility index (Phi) is 4.30. The van der Waals surface area contributed by atoms with Gasteiger partial charge in [0.1, 0.15) is 0 Å². The van der Waals surface area contributed by atoms with Crippen LogP contribution in [-0.2, 0) is 6.54 Å². The summed E-state index contributed by atoms with van der Waals surface area (Å²) in [7, 11) is 0. The van der Waals surface area contributed by atoms with Crippen LogP contribution in [-0.4, -0.2) is 16.6 Å². The van der Waals surface area contributed by atoms with Gasteiger partial charge in [0.2, 0.25) is 0 Å². The van der Waals surface area contributed by atoms with E-state index < -0.39 is 0 Å². The zero-order chi connectivity index (χ0) is 13.7. The molecule has 2 N–H and O–H groups in total. The highest BCUT2D eigenvalue weighted by Gasteiger charge is 2.08. The van der Waals surface area contributed by atoms with Crippen molar-refractivity contribution in [2.24, 2.45) is 5.73 Å². The summed E-state index contributed by atoms with van der Waals surface area (Å²) in [6, 6.07) is 5.88. The molecular weight excluding hydrogens is 242 g/mol. The predicted octanol–water partition coefficient (Wildman–Crippen LogP) is 2.43. The third-order valence-corrected chi connectivity index (χ3v) is 2.50. The van der Waals surface area contributed by atoms with Crippen LogP contribution >= 0.6 is 0 Å². The van der Waals surface area contributed by atoms with Crippen LogP contribution in [0.3, 0.4) is 0 Å². The summed E-state index contributed by atoms with van der Waals surface area (Å²) in [5.41, 5.74) is 7.58. The molecule has 2 rings (SSSR count). The van der Waals surface area contributed by atoms with Crippen LogP contribution in [0.25, 0.3) is 0 Å². The van der Waals surface area contributed by atoms with E-state index in [1.54, 1.807) is 12.4 Å². The second kappa shape index (κ2) is 6.15. The van der Waals surface area contributed by atoms with Crippen molar-refractivity contribution in [2.75, 3.05) is 6.61 Å². The van der Waals surface area contributed by atoms with Gasteiger partial charge in [0.15, 0.2) is 11.5 Å². The summed E-state index contributed by atoms with van der Waals surface area (Å²) in [5, 5.41) is 0. The van der Waals surface area contributed by atoms with Gasteiger partial charge in [-0.15, -0.1) is 0 Å². The number of aryl methyl sites for hydroxylation is 1. The normalized spacial score (nSPS) is 10.3. The van der Waals surface area contributed by atoms with E-state index in [1.165, 1.54) is 0 Å². The highest BCUT2D eigenvalue weighted by molar-refractivity contribution is 5.44. The van der Waals surface area contributed by atoms with Crippen LogP contribution in [0.15, 0.2) is 30.6 Å². The number of ether oxygens (including phenoxy) is 2. The Morgan fingerprint density at radius 1 is 1.16 bits per heavy atom. The van der Waals surface area contributed by atoms with E-state index in [0.29, 0.717) is 30.7 Å². The molecule has 0 aliphatic rings.